The number of carbonyl (C=O) groups is 2. The summed E-state index contributed by atoms with van der Waals surface area (Å²) < 4.78 is 6.16. The maximum absolute atomic E-state index is 12.7. The van der Waals surface area contributed by atoms with Gasteiger partial charge in [-0.15, -0.1) is 0 Å². The monoisotopic (exact) mass is 372 g/mol. The van der Waals surface area contributed by atoms with Crippen molar-refractivity contribution >= 4 is 11.6 Å². The van der Waals surface area contributed by atoms with Gasteiger partial charge in [-0.1, -0.05) is 26.0 Å². The SMILES string of the molecule is CCO[C@]1(C(C)=O)CC[C@H]2[C@@H]3C=CC4=CC(=O)CC[C@]4(C)[C@H]3C(O)C[C@@]21C. The molecule has 27 heavy (non-hydrogen) atoms. The van der Waals surface area contributed by atoms with Crippen LogP contribution in [-0.2, 0) is 14.3 Å². The second-order valence-electron chi connectivity index (χ2n) is 9.60. The topological polar surface area (TPSA) is 63.6 Å². The Bertz CT molecular complexity index is 737. The quantitative estimate of drug-likeness (QED) is 0.822. The van der Waals surface area contributed by atoms with Gasteiger partial charge >= 0.3 is 0 Å². The molecule has 148 valence electrons. The predicted octanol–water partition coefficient (Wildman–Crippen LogP) is 3.63. The first-order chi connectivity index (χ1) is 12.7. The van der Waals surface area contributed by atoms with Crippen LogP contribution in [0, 0.1) is 28.6 Å². The van der Waals surface area contributed by atoms with Crippen molar-refractivity contribution in [3.05, 3.63) is 23.8 Å². The molecular weight excluding hydrogens is 340 g/mol. The molecule has 0 radical (unpaired) electrons. The number of carbonyl (C=O) groups excluding carboxylic acids is 2. The van der Waals surface area contributed by atoms with E-state index in [0.29, 0.717) is 25.4 Å². The van der Waals surface area contributed by atoms with Gasteiger partial charge in [0.1, 0.15) is 5.60 Å². The summed E-state index contributed by atoms with van der Waals surface area (Å²) in [5, 5.41) is 11.4. The zero-order valence-corrected chi connectivity index (χ0v) is 17.0. The van der Waals surface area contributed by atoms with E-state index < -0.39 is 11.7 Å². The van der Waals surface area contributed by atoms with Crippen LogP contribution in [0.4, 0.5) is 0 Å². The zero-order valence-electron chi connectivity index (χ0n) is 17.0. The van der Waals surface area contributed by atoms with Crippen molar-refractivity contribution in [3.8, 4) is 0 Å². The van der Waals surface area contributed by atoms with Crippen LogP contribution in [0.5, 0.6) is 0 Å². The number of ether oxygens (including phenoxy) is 1. The molecule has 2 fully saturated rings. The maximum atomic E-state index is 12.7. The highest BCUT2D eigenvalue weighted by Gasteiger charge is 2.68. The van der Waals surface area contributed by atoms with E-state index in [9.17, 15) is 14.7 Å². The summed E-state index contributed by atoms with van der Waals surface area (Å²) in [4.78, 5) is 24.7. The van der Waals surface area contributed by atoms with Gasteiger partial charge in [-0.2, -0.15) is 0 Å². The molecule has 4 heteroatoms. The van der Waals surface area contributed by atoms with E-state index in [-0.39, 0.29) is 34.2 Å². The lowest BCUT2D eigenvalue weighted by molar-refractivity contribution is -0.184. The van der Waals surface area contributed by atoms with Crippen LogP contribution in [0.25, 0.3) is 0 Å². The normalized spacial score (nSPS) is 48.5. The van der Waals surface area contributed by atoms with E-state index in [0.717, 1.165) is 24.8 Å². The van der Waals surface area contributed by atoms with E-state index in [1.54, 1.807) is 13.0 Å². The fraction of sp³-hybridized carbons (Fsp3) is 0.739. The molecule has 0 aromatic rings. The number of ketones is 2. The third-order valence-electron chi connectivity index (χ3n) is 8.54. The second kappa shape index (κ2) is 6.12. The number of hydrogen-bond donors (Lipinski definition) is 1. The Morgan fingerprint density at radius 3 is 2.74 bits per heavy atom. The average molecular weight is 373 g/mol. The van der Waals surface area contributed by atoms with Crippen LogP contribution in [0.2, 0.25) is 0 Å². The number of aliphatic hydroxyl groups excluding tert-OH is 1. The minimum atomic E-state index is -0.786. The molecule has 1 unspecified atom stereocenters. The molecule has 0 heterocycles. The van der Waals surface area contributed by atoms with Crippen molar-refractivity contribution in [2.24, 2.45) is 28.6 Å². The highest BCUT2D eigenvalue weighted by atomic mass is 16.5. The highest BCUT2D eigenvalue weighted by Crippen LogP contribution is 2.67. The van der Waals surface area contributed by atoms with Gasteiger partial charge in [0.05, 0.1) is 6.10 Å². The van der Waals surface area contributed by atoms with Gasteiger partial charge in [-0.25, -0.2) is 0 Å². The Kier molecular flexibility index (Phi) is 4.32. The van der Waals surface area contributed by atoms with Gasteiger partial charge in [0, 0.05) is 24.4 Å². The van der Waals surface area contributed by atoms with Gasteiger partial charge in [-0.3, -0.25) is 9.59 Å². The predicted molar refractivity (Wildman–Crippen MR) is 103 cm³/mol. The Balaban J connectivity index is 1.79. The Morgan fingerprint density at radius 1 is 1.33 bits per heavy atom. The third kappa shape index (κ3) is 2.35. The first kappa shape index (κ1) is 19.1. The van der Waals surface area contributed by atoms with Crippen molar-refractivity contribution in [2.45, 2.75) is 71.5 Å². The summed E-state index contributed by atoms with van der Waals surface area (Å²) in [6.45, 7) is 8.48. The molecule has 4 nitrogen and oxygen atoms in total. The fourth-order valence-electron chi connectivity index (χ4n) is 7.28. The lowest BCUT2D eigenvalue weighted by Crippen LogP contribution is -2.61. The number of hydrogen-bond acceptors (Lipinski definition) is 4. The standard InChI is InChI=1S/C23H32O4/c1-5-27-23(14(2)24)11-9-18-17-7-6-15-12-16(25)8-10-21(15,3)20(17)19(26)13-22(18,23)4/h6-7,12,17-20,26H,5,8-11,13H2,1-4H3/t17-,18-,19?,20+,21-,22-,23-/m0/s1. The van der Waals surface area contributed by atoms with Gasteiger partial charge in [0.15, 0.2) is 11.6 Å². The molecule has 0 aromatic heterocycles. The number of aliphatic hydroxyl groups is 1. The van der Waals surface area contributed by atoms with Gasteiger partial charge < -0.3 is 9.84 Å². The number of allylic oxidation sites excluding steroid dienone is 4. The van der Waals surface area contributed by atoms with E-state index in [4.69, 9.17) is 4.74 Å². The molecule has 4 aliphatic carbocycles. The third-order valence-corrected chi connectivity index (χ3v) is 8.54. The van der Waals surface area contributed by atoms with Gasteiger partial charge in [0.25, 0.3) is 0 Å². The summed E-state index contributed by atoms with van der Waals surface area (Å²) in [6, 6.07) is 0. The van der Waals surface area contributed by atoms with E-state index >= 15 is 0 Å². The molecular formula is C23H32O4. The highest BCUT2D eigenvalue weighted by molar-refractivity contribution is 5.92. The van der Waals surface area contributed by atoms with Crippen molar-refractivity contribution in [1.29, 1.82) is 0 Å². The molecule has 0 aliphatic heterocycles. The summed E-state index contributed by atoms with van der Waals surface area (Å²) in [5.74, 6) is 0.914. The summed E-state index contributed by atoms with van der Waals surface area (Å²) in [7, 11) is 0. The van der Waals surface area contributed by atoms with Crippen LogP contribution in [0.3, 0.4) is 0 Å². The largest absolute Gasteiger partial charge is 0.393 e. The Hall–Kier alpha value is -1.26. The molecule has 2 saturated carbocycles. The molecule has 0 aromatic carbocycles. The van der Waals surface area contributed by atoms with Crippen molar-refractivity contribution < 1.29 is 19.4 Å². The number of Topliss-reactive ketones (excluding diaryl/α,β-unsaturated/α-hetero) is 1. The fourth-order valence-corrected chi connectivity index (χ4v) is 7.28. The van der Waals surface area contributed by atoms with Gasteiger partial charge in [0.2, 0.25) is 0 Å². The van der Waals surface area contributed by atoms with Crippen LogP contribution in [-0.4, -0.2) is 35.0 Å². The second-order valence-corrected chi connectivity index (χ2v) is 9.60. The van der Waals surface area contributed by atoms with Crippen LogP contribution >= 0.6 is 0 Å². The Labute approximate surface area is 162 Å². The van der Waals surface area contributed by atoms with Crippen LogP contribution < -0.4 is 0 Å². The molecule has 4 aliphatic rings. The van der Waals surface area contributed by atoms with Crippen molar-refractivity contribution in [3.63, 3.8) is 0 Å². The zero-order chi connectivity index (χ0) is 19.6. The van der Waals surface area contributed by atoms with Crippen molar-refractivity contribution in [2.75, 3.05) is 6.61 Å². The lowest BCUT2D eigenvalue weighted by Gasteiger charge is -2.59. The number of fused-ring (bicyclic) bond motifs is 5. The molecule has 4 rings (SSSR count). The molecule has 0 saturated heterocycles. The maximum Gasteiger partial charge on any atom is 0.162 e. The Morgan fingerprint density at radius 2 is 2.07 bits per heavy atom. The smallest absolute Gasteiger partial charge is 0.162 e. The molecule has 0 amide bonds. The van der Waals surface area contributed by atoms with Crippen LogP contribution in [0.1, 0.15) is 59.8 Å². The van der Waals surface area contributed by atoms with E-state index in [1.165, 1.54) is 0 Å². The number of rotatable bonds is 3. The minimum absolute atomic E-state index is 0.0925. The molecule has 1 N–H and O–H groups in total. The summed E-state index contributed by atoms with van der Waals surface area (Å²) in [5.41, 5.74) is -0.238. The van der Waals surface area contributed by atoms with Crippen molar-refractivity contribution in [1.82, 2.24) is 0 Å². The van der Waals surface area contributed by atoms with E-state index in [1.807, 2.05) is 6.92 Å². The molecule has 0 spiro atoms. The van der Waals surface area contributed by atoms with Crippen LogP contribution in [0.15, 0.2) is 23.8 Å². The molecule has 0 bridgehead atoms. The lowest BCUT2D eigenvalue weighted by atomic mass is 9.47. The minimum Gasteiger partial charge on any atom is -0.393 e. The first-order valence-electron chi connectivity index (χ1n) is 10.5. The van der Waals surface area contributed by atoms with E-state index in [2.05, 4.69) is 26.0 Å². The average Bonchev–Trinajstić information content (AvgIpc) is 2.89. The first-order valence-corrected chi connectivity index (χ1v) is 10.5. The summed E-state index contributed by atoms with van der Waals surface area (Å²) >= 11 is 0. The van der Waals surface area contributed by atoms with Gasteiger partial charge in [-0.05, 0) is 68.4 Å². The molecule has 7 atom stereocenters. The summed E-state index contributed by atoms with van der Waals surface area (Å²) in [6.07, 6.45) is 9.24.